The van der Waals surface area contributed by atoms with Gasteiger partial charge in [0, 0.05) is 25.2 Å². The fourth-order valence-electron chi connectivity index (χ4n) is 1.82. The molecule has 0 unspecified atom stereocenters. The summed E-state index contributed by atoms with van der Waals surface area (Å²) in [5, 5.41) is 10.7. The number of hydrogen-bond acceptors (Lipinski definition) is 3. The maximum atomic E-state index is 8.78. The number of fused-ring (bicyclic) bond motifs is 1. The van der Waals surface area contributed by atoms with Crippen molar-refractivity contribution in [2.75, 3.05) is 19.0 Å². The summed E-state index contributed by atoms with van der Waals surface area (Å²) < 4.78 is 0. The van der Waals surface area contributed by atoms with Crippen LogP contribution in [0, 0.1) is 11.3 Å². The monoisotopic (exact) mass is 279 g/mol. The van der Waals surface area contributed by atoms with Crippen LogP contribution in [0.25, 0.3) is 10.9 Å². The second kappa shape index (κ2) is 5.01. The minimum atomic E-state index is 0.250. The van der Waals surface area contributed by atoms with Gasteiger partial charge < -0.3 is 4.90 Å². The summed E-state index contributed by atoms with van der Waals surface area (Å²) in [4.78, 5) is 6.34. The van der Waals surface area contributed by atoms with Crippen molar-refractivity contribution in [2.45, 2.75) is 6.42 Å². The van der Waals surface area contributed by atoms with Gasteiger partial charge >= 0.3 is 0 Å². The number of nitriles is 1. The molecule has 0 atom stereocenters. The van der Waals surface area contributed by atoms with Crippen LogP contribution in [0.4, 0.5) is 5.69 Å². The minimum absolute atomic E-state index is 0.250. The van der Waals surface area contributed by atoms with Gasteiger partial charge in [-0.1, -0.05) is 23.2 Å². The van der Waals surface area contributed by atoms with Crippen molar-refractivity contribution >= 4 is 39.8 Å². The number of nitrogens with zero attached hydrogens (tertiary/aromatic N) is 3. The Balaban J connectivity index is 2.86. The van der Waals surface area contributed by atoms with E-state index in [1.807, 2.05) is 25.1 Å². The summed E-state index contributed by atoms with van der Waals surface area (Å²) in [6.45, 7) is 0. The van der Waals surface area contributed by atoms with Crippen molar-refractivity contribution in [2.24, 2.45) is 0 Å². The Bertz CT molecular complexity index is 645. The predicted octanol–water partition coefficient (Wildman–Crippen LogP) is 3.67. The third kappa shape index (κ3) is 2.22. The highest BCUT2D eigenvalue weighted by Crippen LogP contribution is 2.35. The van der Waals surface area contributed by atoms with E-state index in [0.717, 1.165) is 11.1 Å². The number of rotatable bonds is 2. The molecule has 0 saturated carbocycles. The van der Waals surface area contributed by atoms with Crippen molar-refractivity contribution in [1.82, 2.24) is 4.98 Å². The van der Waals surface area contributed by atoms with Gasteiger partial charge in [0.25, 0.3) is 0 Å². The number of hydrogen-bond donors (Lipinski definition) is 0. The third-order valence-electron chi connectivity index (χ3n) is 2.63. The normalized spacial score (nSPS) is 10.4. The molecule has 18 heavy (non-hydrogen) atoms. The van der Waals surface area contributed by atoms with Crippen LogP contribution in [0.15, 0.2) is 18.2 Å². The van der Waals surface area contributed by atoms with Crippen LogP contribution < -0.4 is 4.90 Å². The molecule has 2 aromatic rings. The zero-order chi connectivity index (χ0) is 13.3. The van der Waals surface area contributed by atoms with E-state index >= 15 is 0 Å². The van der Waals surface area contributed by atoms with E-state index in [4.69, 9.17) is 28.5 Å². The third-order valence-corrected chi connectivity index (χ3v) is 3.25. The molecule has 0 radical (unpaired) electrons. The number of aromatic nitrogens is 1. The summed E-state index contributed by atoms with van der Waals surface area (Å²) >= 11 is 12.4. The Morgan fingerprint density at radius 3 is 2.56 bits per heavy atom. The Kier molecular flexibility index (Phi) is 3.60. The molecule has 0 fully saturated rings. The molecule has 0 N–H and O–H groups in total. The molecule has 0 spiro atoms. The Labute approximate surface area is 116 Å². The summed E-state index contributed by atoms with van der Waals surface area (Å²) in [5.41, 5.74) is 2.25. The second-order valence-corrected chi connectivity index (χ2v) is 4.93. The molecule has 2 rings (SSSR count). The second-order valence-electron chi connectivity index (χ2n) is 4.11. The van der Waals surface area contributed by atoms with Crippen LogP contribution in [0.3, 0.4) is 0 Å². The van der Waals surface area contributed by atoms with Crippen LogP contribution in [-0.4, -0.2) is 19.1 Å². The van der Waals surface area contributed by atoms with Crippen LogP contribution in [0.1, 0.15) is 5.69 Å². The summed E-state index contributed by atoms with van der Waals surface area (Å²) in [6, 6.07) is 7.43. The average molecular weight is 280 g/mol. The first-order valence-corrected chi connectivity index (χ1v) is 6.12. The van der Waals surface area contributed by atoms with E-state index in [2.05, 4.69) is 11.1 Å². The molecule has 1 aromatic carbocycles. The molecule has 1 aromatic heterocycles. The fraction of sp³-hybridized carbons (Fsp3) is 0.231. The van der Waals surface area contributed by atoms with Gasteiger partial charge in [0.15, 0.2) is 0 Å². The van der Waals surface area contributed by atoms with Crippen molar-refractivity contribution in [3.05, 3.63) is 33.9 Å². The molecule has 0 aliphatic rings. The van der Waals surface area contributed by atoms with Gasteiger partial charge in [0.05, 0.1) is 33.7 Å². The quantitative estimate of drug-likeness (QED) is 0.842. The van der Waals surface area contributed by atoms with Gasteiger partial charge in [0.2, 0.25) is 0 Å². The first-order chi connectivity index (χ1) is 8.54. The number of benzene rings is 1. The maximum Gasteiger partial charge on any atom is 0.0927 e. The zero-order valence-electron chi connectivity index (χ0n) is 10.0. The molecule has 0 saturated heterocycles. The molecule has 92 valence electrons. The Morgan fingerprint density at radius 2 is 1.94 bits per heavy atom. The van der Waals surface area contributed by atoms with E-state index in [-0.39, 0.29) is 6.42 Å². The largest absolute Gasteiger partial charge is 0.377 e. The van der Waals surface area contributed by atoms with Crippen molar-refractivity contribution in [3.8, 4) is 6.07 Å². The van der Waals surface area contributed by atoms with Gasteiger partial charge in [-0.3, -0.25) is 0 Å². The molecule has 3 nitrogen and oxygen atoms in total. The Hall–Kier alpha value is -1.50. The van der Waals surface area contributed by atoms with E-state index in [1.165, 1.54) is 0 Å². The lowest BCUT2D eigenvalue weighted by Gasteiger charge is -2.17. The number of anilines is 1. The van der Waals surface area contributed by atoms with Crippen molar-refractivity contribution in [3.63, 3.8) is 0 Å². The van der Waals surface area contributed by atoms with Gasteiger partial charge in [0.1, 0.15) is 0 Å². The molecule has 0 amide bonds. The molecular formula is C13H11Cl2N3. The summed E-state index contributed by atoms with van der Waals surface area (Å²) in [6.07, 6.45) is 0.250. The maximum absolute atomic E-state index is 8.78. The van der Waals surface area contributed by atoms with Gasteiger partial charge in [-0.2, -0.15) is 5.26 Å². The van der Waals surface area contributed by atoms with Crippen LogP contribution in [0.5, 0.6) is 0 Å². The smallest absolute Gasteiger partial charge is 0.0927 e. The van der Waals surface area contributed by atoms with Crippen molar-refractivity contribution < 1.29 is 0 Å². The number of halogens is 2. The van der Waals surface area contributed by atoms with Crippen molar-refractivity contribution in [1.29, 1.82) is 5.26 Å². The molecule has 1 heterocycles. The van der Waals surface area contributed by atoms with Crippen LogP contribution in [0.2, 0.25) is 10.0 Å². The first-order valence-electron chi connectivity index (χ1n) is 5.36. The fourth-order valence-corrected chi connectivity index (χ4v) is 2.27. The lowest BCUT2D eigenvalue weighted by Crippen LogP contribution is -2.10. The summed E-state index contributed by atoms with van der Waals surface area (Å²) in [5.74, 6) is 0. The predicted molar refractivity (Wildman–Crippen MR) is 75.4 cm³/mol. The van der Waals surface area contributed by atoms with Gasteiger partial charge in [-0.25, -0.2) is 4.98 Å². The van der Waals surface area contributed by atoms with Crippen LogP contribution in [-0.2, 0) is 6.42 Å². The molecular weight excluding hydrogens is 269 g/mol. The van der Waals surface area contributed by atoms with Gasteiger partial charge in [-0.15, -0.1) is 0 Å². The topological polar surface area (TPSA) is 39.9 Å². The standard InChI is InChI=1S/C13H11Cl2N3/c1-18(2)11-7-8(5-6-16)17-13-10(15)4-3-9(14)12(11)13/h3-4,7H,5H2,1-2H3. The summed E-state index contributed by atoms with van der Waals surface area (Å²) in [7, 11) is 3.84. The van der Waals surface area contributed by atoms with E-state index in [9.17, 15) is 0 Å². The number of pyridine rings is 1. The highest BCUT2D eigenvalue weighted by atomic mass is 35.5. The van der Waals surface area contributed by atoms with E-state index in [0.29, 0.717) is 21.3 Å². The Morgan fingerprint density at radius 1 is 1.28 bits per heavy atom. The first kappa shape index (κ1) is 12.9. The van der Waals surface area contributed by atoms with E-state index < -0.39 is 0 Å². The minimum Gasteiger partial charge on any atom is -0.377 e. The average Bonchev–Trinajstić information content (AvgIpc) is 2.33. The zero-order valence-corrected chi connectivity index (χ0v) is 11.5. The highest BCUT2D eigenvalue weighted by molar-refractivity contribution is 6.40. The molecule has 0 aliphatic carbocycles. The van der Waals surface area contributed by atoms with E-state index in [1.54, 1.807) is 12.1 Å². The van der Waals surface area contributed by atoms with Crippen LogP contribution >= 0.6 is 23.2 Å². The van der Waals surface area contributed by atoms with Gasteiger partial charge in [-0.05, 0) is 18.2 Å². The lowest BCUT2D eigenvalue weighted by molar-refractivity contribution is 1.10. The molecule has 0 aliphatic heterocycles. The molecule has 0 bridgehead atoms. The SMILES string of the molecule is CN(C)c1cc(CC#N)nc2c(Cl)ccc(Cl)c12. The lowest BCUT2D eigenvalue weighted by atomic mass is 10.1. The molecule has 5 heteroatoms. The highest BCUT2D eigenvalue weighted by Gasteiger charge is 2.13.